The SMILES string of the molecule is CC(Nc1ccc2c(c1)OCCn1cc(N3C(=C=O)SC[C@H]3C(F)F)nc1-2)C(N)=O.O=S(=O)(O)O. The number of carbonyl (C=O) groups excluding carboxylic acids is 2. The second kappa shape index (κ2) is 10.6. The predicted octanol–water partition coefficient (Wildman–Crippen LogP) is 1.44. The van der Waals surface area contributed by atoms with Gasteiger partial charge in [0.15, 0.2) is 16.8 Å². The number of ether oxygens (including phenoxy) is 1. The fourth-order valence-electron chi connectivity index (χ4n) is 3.39. The molecule has 12 nitrogen and oxygen atoms in total. The number of hydrogen-bond acceptors (Lipinski definition) is 9. The molecule has 1 unspecified atom stereocenters. The number of hydrogen-bond donors (Lipinski definition) is 4. The van der Waals surface area contributed by atoms with Crippen molar-refractivity contribution in [3.05, 3.63) is 29.4 Å². The fourth-order valence-corrected chi connectivity index (χ4v) is 4.44. The van der Waals surface area contributed by atoms with E-state index in [0.717, 1.165) is 11.8 Å². The molecule has 1 aromatic heterocycles. The zero-order chi connectivity index (χ0) is 25.9. The lowest BCUT2D eigenvalue weighted by Crippen LogP contribution is -2.36. The minimum atomic E-state index is -4.67. The Labute approximate surface area is 202 Å². The molecule has 0 radical (unpaired) electrons. The van der Waals surface area contributed by atoms with Crippen molar-refractivity contribution in [3.63, 3.8) is 0 Å². The number of nitrogens with two attached hydrogens (primary N) is 1. The van der Waals surface area contributed by atoms with Crippen molar-refractivity contribution in [2.75, 3.05) is 22.6 Å². The average Bonchev–Trinajstić information content (AvgIpc) is 3.33. The van der Waals surface area contributed by atoms with E-state index < -0.39 is 34.8 Å². The molecule has 5 N–H and O–H groups in total. The summed E-state index contributed by atoms with van der Waals surface area (Å²) in [4.78, 5) is 28.4. The van der Waals surface area contributed by atoms with Gasteiger partial charge in [-0.1, -0.05) is 11.8 Å². The maximum Gasteiger partial charge on any atom is 0.394 e. The van der Waals surface area contributed by atoms with Crippen LogP contribution in [0.1, 0.15) is 6.92 Å². The van der Waals surface area contributed by atoms with Gasteiger partial charge in [0.05, 0.1) is 12.1 Å². The first kappa shape index (κ1) is 26.4. The van der Waals surface area contributed by atoms with Crippen LogP contribution in [-0.2, 0) is 26.5 Å². The summed E-state index contributed by atoms with van der Waals surface area (Å²) in [5.41, 5.74) is 6.62. The first-order valence-electron chi connectivity index (χ1n) is 9.94. The molecule has 0 bridgehead atoms. The van der Waals surface area contributed by atoms with Crippen molar-refractivity contribution < 1.29 is 40.6 Å². The van der Waals surface area contributed by atoms with Crippen molar-refractivity contribution in [3.8, 4) is 17.1 Å². The number of imidazole rings is 1. The van der Waals surface area contributed by atoms with Gasteiger partial charge in [-0.2, -0.15) is 8.42 Å². The standard InChI is InChI=1S/C19H19F2N5O3S.H2O4S/c1-10(18(22)28)23-11-2-3-12-14(6-11)29-5-4-25-7-15(24-19(12)25)26-13(17(20)21)9-30-16(26)8-27;1-5(2,3)4/h2-3,6-7,10,13,17,23H,4-5,9H2,1H3,(H2,22,28);(H2,1,2,3,4)/t10?,13-;/m0./s1. The van der Waals surface area contributed by atoms with E-state index in [4.69, 9.17) is 28.0 Å². The zero-order valence-electron chi connectivity index (χ0n) is 18.1. The molecule has 2 aliphatic heterocycles. The van der Waals surface area contributed by atoms with Crippen molar-refractivity contribution >= 4 is 45.5 Å². The summed E-state index contributed by atoms with van der Waals surface area (Å²) in [7, 11) is -4.67. The van der Waals surface area contributed by atoms with E-state index in [-0.39, 0.29) is 16.6 Å². The minimum absolute atomic E-state index is 0.0945. The highest BCUT2D eigenvalue weighted by atomic mass is 32.3. The molecular weight excluding hydrogens is 512 g/mol. The number of rotatable bonds is 5. The van der Waals surface area contributed by atoms with E-state index in [2.05, 4.69) is 10.3 Å². The number of primary amides is 1. The van der Waals surface area contributed by atoms with Gasteiger partial charge in [-0.25, -0.2) is 18.6 Å². The number of nitrogens with zero attached hydrogens (tertiary/aromatic N) is 3. The van der Waals surface area contributed by atoms with Crippen LogP contribution < -0.4 is 20.7 Å². The van der Waals surface area contributed by atoms with E-state index in [0.29, 0.717) is 36.0 Å². The van der Waals surface area contributed by atoms with Gasteiger partial charge in [-0.15, -0.1) is 0 Å². The first-order valence-corrected chi connectivity index (χ1v) is 12.3. The number of carbonyl (C=O) groups is 1. The number of anilines is 2. The molecule has 0 spiro atoms. The van der Waals surface area contributed by atoms with Gasteiger partial charge >= 0.3 is 10.4 Å². The van der Waals surface area contributed by atoms with Gasteiger partial charge in [-0.05, 0) is 19.1 Å². The molecule has 0 saturated carbocycles. The zero-order valence-corrected chi connectivity index (χ0v) is 19.7. The van der Waals surface area contributed by atoms with Gasteiger partial charge < -0.3 is 25.3 Å². The number of aromatic nitrogens is 2. The molecule has 2 aromatic rings. The van der Waals surface area contributed by atoms with Crippen LogP contribution in [0.25, 0.3) is 11.4 Å². The Morgan fingerprint density at radius 3 is 2.69 bits per heavy atom. The fraction of sp³-hybridized carbons (Fsp3) is 0.368. The molecule has 16 heteroatoms. The van der Waals surface area contributed by atoms with E-state index in [1.807, 2.05) is 4.57 Å². The van der Waals surface area contributed by atoms with E-state index >= 15 is 0 Å². The third-order valence-corrected chi connectivity index (χ3v) is 6.01. The van der Waals surface area contributed by atoms with Crippen LogP contribution in [0.3, 0.4) is 0 Å². The summed E-state index contributed by atoms with van der Waals surface area (Å²) in [6.45, 7) is 2.45. The lowest BCUT2D eigenvalue weighted by atomic mass is 10.1. The Morgan fingerprint density at radius 1 is 1.40 bits per heavy atom. The first-order chi connectivity index (χ1) is 16.4. The molecule has 3 heterocycles. The van der Waals surface area contributed by atoms with Crippen molar-refractivity contribution in [1.82, 2.24) is 9.55 Å². The number of thioether (sulfide) groups is 1. The highest BCUT2D eigenvalue weighted by Gasteiger charge is 2.39. The molecule has 1 fully saturated rings. The summed E-state index contributed by atoms with van der Waals surface area (Å²) < 4.78 is 66.2. The number of fused-ring (bicyclic) bond motifs is 3. The van der Waals surface area contributed by atoms with Gasteiger partial charge in [0, 0.05) is 23.7 Å². The van der Waals surface area contributed by atoms with Crippen LogP contribution in [0.2, 0.25) is 0 Å². The van der Waals surface area contributed by atoms with Crippen molar-refractivity contribution in [2.45, 2.75) is 32.0 Å². The van der Waals surface area contributed by atoms with Crippen LogP contribution in [0.15, 0.2) is 29.4 Å². The van der Waals surface area contributed by atoms with Gasteiger partial charge in [-0.3, -0.25) is 13.9 Å². The lowest BCUT2D eigenvalue weighted by molar-refractivity contribution is -0.118. The monoisotopic (exact) mass is 533 g/mol. The van der Waals surface area contributed by atoms with Crippen LogP contribution >= 0.6 is 11.8 Å². The van der Waals surface area contributed by atoms with Crippen molar-refractivity contribution in [1.29, 1.82) is 0 Å². The quantitative estimate of drug-likeness (QED) is 0.323. The summed E-state index contributed by atoms with van der Waals surface area (Å²) in [5, 5.41) is 3.10. The molecule has 2 aliphatic rings. The van der Waals surface area contributed by atoms with E-state index in [1.165, 1.54) is 4.90 Å². The Bertz CT molecular complexity index is 1260. The summed E-state index contributed by atoms with van der Waals surface area (Å²) in [6, 6.07) is 3.58. The van der Waals surface area contributed by atoms with Gasteiger partial charge in [0.25, 0.3) is 6.43 Å². The molecular formula is C19H21F2N5O7S2. The molecule has 1 saturated heterocycles. The molecule has 35 heavy (non-hydrogen) atoms. The summed E-state index contributed by atoms with van der Waals surface area (Å²) in [5.74, 6) is 2.72. The van der Waals surface area contributed by atoms with Crippen molar-refractivity contribution in [2.24, 2.45) is 5.73 Å². The molecule has 190 valence electrons. The van der Waals surface area contributed by atoms with E-state index in [9.17, 15) is 18.4 Å². The smallest absolute Gasteiger partial charge is 0.394 e. The average molecular weight is 534 g/mol. The van der Waals surface area contributed by atoms with Crippen LogP contribution in [-0.4, -0.2) is 69.8 Å². The second-order valence-electron chi connectivity index (χ2n) is 7.38. The van der Waals surface area contributed by atoms with Crippen LogP contribution in [0.4, 0.5) is 20.3 Å². The number of alkyl halides is 2. The number of benzene rings is 1. The summed E-state index contributed by atoms with van der Waals surface area (Å²) >= 11 is 1.05. The summed E-state index contributed by atoms with van der Waals surface area (Å²) in [6.07, 6.45) is -0.977. The van der Waals surface area contributed by atoms with Crippen LogP contribution in [0.5, 0.6) is 5.75 Å². The second-order valence-corrected chi connectivity index (χ2v) is 9.29. The number of halogens is 2. The third kappa shape index (κ3) is 6.49. The van der Waals surface area contributed by atoms with Crippen LogP contribution in [0, 0.1) is 0 Å². The predicted molar refractivity (Wildman–Crippen MR) is 124 cm³/mol. The molecule has 0 aliphatic carbocycles. The normalized spacial score (nSPS) is 17.8. The highest BCUT2D eigenvalue weighted by Crippen LogP contribution is 2.40. The Kier molecular flexibility index (Phi) is 8.02. The molecule has 2 atom stereocenters. The maximum absolute atomic E-state index is 13.5. The largest absolute Gasteiger partial charge is 0.491 e. The Hall–Kier alpha value is -3.17. The molecule has 1 amide bonds. The highest BCUT2D eigenvalue weighted by molar-refractivity contribution is 8.03. The number of nitrogens with one attached hydrogen (secondary N) is 1. The Balaban J connectivity index is 0.000000623. The molecule has 1 aromatic carbocycles. The number of amides is 1. The minimum Gasteiger partial charge on any atom is -0.491 e. The van der Waals surface area contributed by atoms with E-state index in [1.54, 1.807) is 37.3 Å². The van der Waals surface area contributed by atoms with Gasteiger partial charge in [0.2, 0.25) is 5.91 Å². The van der Waals surface area contributed by atoms with Gasteiger partial charge in [0.1, 0.15) is 30.3 Å². The third-order valence-electron chi connectivity index (χ3n) is 4.95. The topological polar surface area (TPSA) is 177 Å². The maximum atomic E-state index is 13.5. The molecule has 4 rings (SSSR count). The lowest BCUT2D eigenvalue weighted by Gasteiger charge is -2.22. The Morgan fingerprint density at radius 2 is 2.09 bits per heavy atom.